The lowest BCUT2D eigenvalue weighted by Gasteiger charge is -2.16. The first-order valence-corrected chi connectivity index (χ1v) is 9.35. The fourth-order valence-corrected chi connectivity index (χ4v) is 3.00. The molecule has 3 rings (SSSR count). The van der Waals surface area contributed by atoms with Gasteiger partial charge in [0.15, 0.2) is 11.5 Å². The van der Waals surface area contributed by atoms with E-state index in [1.165, 1.54) is 5.56 Å². The summed E-state index contributed by atoms with van der Waals surface area (Å²) in [6.07, 6.45) is 3.58. The van der Waals surface area contributed by atoms with Crippen LogP contribution in [0.5, 0.6) is 11.5 Å². The van der Waals surface area contributed by atoms with Crippen molar-refractivity contribution in [2.45, 2.75) is 26.6 Å². The molecule has 0 unspecified atom stereocenters. The van der Waals surface area contributed by atoms with Crippen LogP contribution >= 0.6 is 24.0 Å². The van der Waals surface area contributed by atoms with Crippen molar-refractivity contribution in [3.8, 4) is 11.5 Å². The smallest absolute Gasteiger partial charge is 0.180 e. The minimum atomic E-state index is 0. The summed E-state index contributed by atoms with van der Waals surface area (Å²) in [4.78, 5) is 4.03. The van der Waals surface area contributed by atoms with Gasteiger partial charge >= 0.3 is 0 Å². The first kappa shape index (κ1) is 22.0. The minimum Gasteiger partial charge on any atom is -0.490 e. The number of pyridine rings is 1. The number of ether oxygens (including phenoxy) is 2. The molecule has 0 saturated carbocycles. The second kappa shape index (κ2) is 11.5. The zero-order valence-electron chi connectivity index (χ0n) is 15.7. The normalized spacial score (nSPS) is 10.2. The Balaban J connectivity index is 0.00000280. The van der Waals surface area contributed by atoms with Crippen LogP contribution in [0.1, 0.15) is 23.6 Å². The fourth-order valence-electron chi connectivity index (χ4n) is 2.71. The van der Waals surface area contributed by atoms with Gasteiger partial charge in [-0.15, -0.1) is 12.4 Å². The Morgan fingerprint density at radius 3 is 2.32 bits per heavy atom. The number of benzene rings is 2. The van der Waals surface area contributed by atoms with E-state index in [4.69, 9.17) is 21.1 Å². The van der Waals surface area contributed by atoms with Gasteiger partial charge in [-0.3, -0.25) is 4.98 Å². The molecule has 4 nitrogen and oxygen atoms in total. The van der Waals surface area contributed by atoms with E-state index < -0.39 is 0 Å². The first-order valence-electron chi connectivity index (χ1n) is 8.98. The number of rotatable bonds is 9. The molecular weight excluding hydrogens is 395 g/mol. The molecule has 1 heterocycles. The van der Waals surface area contributed by atoms with Crippen LogP contribution in [0.15, 0.2) is 67.0 Å². The Bertz CT molecular complexity index is 846. The van der Waals surface area contributed by atoms with E-state index >= 15 is 0 Å². The molecule has 0 atom stereocenters. The summed E-state index contributed by atoms with van der Waals surface area (Å²) in [5, 5.41) is 3.96. The maximum atomic E-state index is 6.49. The molecule has 2 aromatic carbocycles. The Kier molecular flexibility index (Phi) is 9.08. The highest BCUT2D eigenvalue weighted by Crippen LogP contribution is 2.37. The zero-order valence-corrected chi connectivity index (χ0v) is 17.3. The lowest BCUT2D eigenvalue weighted by molar-refractivity contribution is 0.269. The van der Waals surface area contributed by atoms with Crippen molar-refractivity contribution in [3.05, 3.63) is 88.7 Å². The molecule has 0 aliphatic carbocycles. The molecule has 0 fully saturated rings. The Labute approximate surface area is 177 Å². The summed E-state index contributed by atoms with van der Waals surface area (Å²) >= 11 is 6.49. The largest absolute Gasteiger partial charge is 0.490 e. The van der Waals surface area contributed by atoms with E-state index in [-0.39, 0.29) is 12.4 Å². The Morgan fingerprint density at radius 2 is 1.61 bits per heavy atom. The second-order valence-electron chi connectivity index (χ2n) is 6.07. The molecule has 6 heteroatoms. The van der Waals surface area contributed by atoms with Crippen molar-refractivity contribution < 1.29 is 9.47 Å². The van der Waals surface area contributed by atoms with Crippen LogP contribution in [0.3, 0.4) is 0 Å². The zero-order chi connectivity index (χ0) is 18.9. The average Bonchev–Trinajstić information content (AvgIpc) is 2.69. The van der Waals surface area contributed by atoms with Crippen molar-refractivity contribution in [2.24, 2.45) is 0 Å². The number of nitrogens with zero attached hydrogens (tertiary/aromatic N) is 1. The predicted molar refractivity (Wildman–Crippen MR) is 115 cm³/mol. The van der Waals surface area contributed by atoms with Crippen molar-refractivity contribution in [3.63, 3.8) is 0 Å². The molecule has 3 aromatic rings. The van der Waals surface area contributed by atoms with Crippen molar-refractivity contribution in [2.75, 3.05) is 6.61 Å². The Morgan fingerprint density at radius 1 is 0.893 bits per heavy atom. The SMILES string of the molecule is CCOc1cc(CNCc2ccncc2)cc(Cl)c1OCc1ccccc1.Cl. The van der Waals surface area contributed by atoms with Gasteiger partial charge in [0.1, 0.15) is 6.61 Å². The first-order chi connectivity index (χ1) is 13.3. The van der Waals surface area contributed by atoms with E-state index in [0.717, 1.165) is 17.7 Å². The number of hydrogen-bond acceptors (Lipinski definition) is 4. The fraction of sp³-hybridized carbons (Fsp3) is 0.227. The molecular formula is C22H24Cl2N2O2. The lowest BCUT2D eigenvalue weighted by atomic mass is 10.2. The van der Waals surface area contributed by atoms with Gasteiger partial charge in [-0.2, -0.15) is 0 Å². The molecule has 1 aromatic heterocycles. The Hall–Kier alpha value is -2.27. The molecule has 28 heavy (non-hydrogen) atoms. The summed E-state index contributed by atoms with van der Waals surface area (Å²) < 4.78 is 11.7. The van der Waals surface area contributed by atoms with Crippen LogP contribution in [0.4, 0.5) is 0 Å². The van der Waals surface area contributed by atoms with E-state index in [2.05, 4.69) is 10.3 Å². The molecule has 0 amide bonds. The summed E-state index contributed by atoms with van der Waals surface area (Å²) in [6, 6.07) is 17.9. The highest BCUT2D eigenvalue weighted by Gasteiger charge is 2.13. The molecule has 0 radical (unpaired) electrons. The molecule has 148 valence electrons. The average molecular weight is 419 g/mol. The van der Waals surface area contributed by atoms with Crippen molar-refractivity contribution >= 4 is 24.0 Å². The van der Waals surface area contributed by atoms with Crippen LogP contribution < -0.4 is 14.8 Å². The highest BCUT2D eigenvalue weighted by molar-refractivity contribution is 6.32. The highest BCUT2D eigenvalue weighted by atomic mass is 35.5. The van der Waals surface area contributed by atoms with Gasteiger partial charge in [-0.25, -0.2) is 0 Å². The standard InChI is InChI=1S/C22H23ClN2O2.ClH/c1-2-26-21-13-19(15-25-14-17-8-10-24-11-9-17)12-20(23)22(21)27-16-18-6-4-3-5-7-18;/h3-13,25H,2,14-16H2,1H3;1H. The number of halogens is 2. The van der Waals surface area contributed by atoms with E-state index in [9.17, 15) is 0 Å². The van der Waals surface area contributed by atoms with Gasteiger partial charge in [0.05, 0.1) is 11.6 Å². The molecule has 1 N–H and O–H groups in total. The van der Waals surface area contributed by atoms with E-state index in [0.29, 0.717) is 36.3 Å². The molecule has 0 saturated heterocycles. The van der Waals surface area contributed by atoms with Gasteiger partial charge in [0, 0.05) is 25.5 Å². The van der Waals surface area contributed by atoms with Crippen LogP contribution in [-0.2, 0) is 19.7 Å². The molecule has 0 aliphatic heterocycles. The third-order valence-corrected chi connectivity index (χ3v) is 4.28. The summed E-state index contributed by atoms with van der Waals surface area (Å²) in [5.74, 6) is 1.25. The third-order valence-electron chi connectivity index (χ3n) is 4.00. The van der Waals surface area contributed by atoms with Crippen molar-refractivity contribution in [1.29, 1.82) is 0 Å². The maximum Gasteiger partial charge on any atom is 0.180 e. The summed E-state index contributed by atoms with van der Waals surface area (Å²) in [6.45, 7) is 4.38. The van der Waals surface area contributed by atoms with Gasteiger partial charge in [0.25, 0.3) is 0 Å². The van der Waals surface area contributed by atoms with Gasteiger partial charge in [-0.05, 0) is 47.9 Å². The van der Waals surface area contributed by atoms with Gasteiger partial charge in [0.2, 0.25) is 0 Å². The van der Waals surface area contributed by atoms with E-state index in [1.54, 1.807) is 12.4 Å². The number of hydrogen-bond donors (Lipinski definition) is 1. The quantitative estimate of drug-likeness (QED) is 0.503. The van der Waals surface area contributed by atoms with Gasteiger partial charge in [-0.1, -0.05) is 41.9 Å². The van der Waals surface area contributed by atoms with E-state index in [1.807, 2.05) is 61.5 Å². The number of aromatic nitrogens is 1. The molecule has 0 spiro atoms. The number of nitrogens with one attached hydrogen (secondary N) is 1. The van der Waals surface area contributed by atoms with Gasteiger partial charge < -0.3 is 14.8 Å². The second-order valence-corrected chi connectivity index (χ2v) is 6.48. The molecule has 0 aliphatic rings. The van der Waals surface area contributed by atoms with Crippen LogP contribution in [0.25, 0.3) is 0 Å². The monoisotopic (exact) mass is 418 g/mol. The van der Waals surface area contributed by atoms with Crippen LogP contribution in [0, 0.1) is 0 Å². The lowest BCUT2D eigenvalue weighted by Crippen LogP contribution is -2.13. The predicted octanol–water partition coefficient (Wildman–Crippen LogP) is 5.42. The van der Waals surface area contributed by atoms with Crippen LogP contribution in [0.2, 0.25) is 5.02 Å². The van der Waals surface area contributed by atoms with Crippen molar-refractivity contribution in [1.82, 2.24) is 10.3 Å². The third kappa shape index (κ3) is 6.41. The van der Waals surface area contributed by atoms with Crippen LogP contribution in [-0.4, -0.2) is 11.6 Å². The maximum absolute atomic E-state index is 6.49. The minimum absolute atomic E-state index is 0. The summed E-state index contributed by atoms with van der Waals surface area (Å²) in [5.41, 5.74) is 3.31. The topological polar surface area (TPSA) is 43.4 Å². The summed E-state index contributed by atoms with van der Waals surface area (Å²) in [7, 11) is 0. The molecule has 0 bridgehead atoms.